The minimum Gasteiger partial charge on any atom is -0.319 e. The Bertz CT molecular complexity index is 324. The molecule has 1 aliphatic heterocycles. The maximum Gasteiger partial charge on any atom is 0.119 e. The molecule has 1 unspecified atom stereocenters. The van der Waals surface area contributed by atoms with Crippen molar-refractivity contribution in [3.63, 3.8) is 0 Å². The number of hydrogen-bond acceptors (Lipinski definition) is 4. The summed E-state index contributed by atoms with van der Waals surface area (Å²) in [6, 6.07) is 0. The average molecular weight is 251 g/mol. The molecule has 1 atom stereocenters. The van der Waals surface area contributed by atoms with E-state index in [-0.39, 0.29) is 0 Å². The Hall–Kier alpha value is -0.940. The van der Waals surface area contributed by atoms with Crippen LogP contribution in [0, 0.1) is 5.92 Å². The van der Waals surface area contributed by atoms with Crippen molar-refractivity contribution in [1.29, 1.82) is 0 Å². The van der Waals surface area contributed by atoms with Gasteiger partial charge in [0.1, 0.15) is 12.7 Å². The van der Waals surface area contributed by atoms with Crippen LogP contribution in [0.5, 0.6) is 0 Å². The van der Waals surface area contributed by atoms with Gasteiger partial charge in [-0.1, -0.05) is 6.92 Å². The van der Waals surface area contributed by atoms with Crippen molar-refractivity contribution in [2.45, 2.75) is 26.3 Å². The SMILES string of the molecule is CCN1CCCC(CN(C)CCn2cnnc2)C1. The van der Waals surface area contributed by atoms with Gasteiger partial charge in [0.2, 0.25) is 0 Å². The first-order chi connectivity index (χ1) is 8.78. The highest BCUT2D eigenvalue weighted by Gasteiger charge is 2.19. The van der Waals surface area contributed by atoms with Crippen LogP contribution in [-0.4, -0.2) is 64.3 Å². The van der Waals surface area contributed by atoms with Crippen molar-refractivity contribution in [3.05, 3.63) is 12.7 Å². The van der Waals surface area contributed by atoms with E-state index in [1.165, 1.54) is 39.0 Å². The normalized spacial score (nSPS) is 21.6. The van der Waals surface area contributed by atoms with Crippen LogP contribution in [0.25, 0.3) is 0 Å². The largest absolute Gasteiger partial charge is 0.319 e. The van der Waals surface area contributed by atoms with Crippen LogP contribution in [0.3, 0.4) is 0 Å². The summed E-state index contributed by atoms with van der Waals surface area (Å²) in [4.78, 5) is 5.01. The van der Waals surface area contributed by atoms with E-state index in [0.717, 1.165) is 19.0 Å². The fraction of sp³-hybridized carbons (Fsp3) is 0.846. The van der Waals surface area contributed by atoms with Gasteiger partial charge in [0.05, 0.1) is 0 Å². The zero-order chi connectivity index (χ0) is 12.8. The Morgan fingerprint density at radius 3 is 2.83 bits per heavy atom. The molecule has 102 valence electrons. The number of likely N-dealkylation sites (tertiary alicyclic amines) is 1. The summed E-state index contributed by atoms with van der Waals surface area (Å²) in [6.45, 7) is 9.27. The second-order valence-corrected chi connectivity index (χ2v) is 5.36. The molecule has 0 spiro atoms. The van der Waals surface area contributed by atoms with E-state index >= 15 is 0 Å². The number of nitrogens with zero attached hydrogens (tertiary/aromatic N) is 5. The first-order valence-corrected chi connectivity index (χ1v) is 7.01. The third-order valence-electron chi connectivity index (χ3n) is 3.83. The maximum absolute atomic E-state index is 3.82. The van der Waals surface area contributed by atoms with E-state index in [1.54, 1.807) is 12.7 Å². The number of hydrogen-bond donors (Lipinski definition) is 0. The molecule has 5 nitrogen and oxygen atoms in total. The van der Waals surface area contributed by atoms with Gasteiger partial charge < -0.3 is 14.4 Å². The number of rotatable bonds is 6. The first-order valence-electron chi connectivity index (χ1n) is 7.01. The van der Waals surface area contributed by atoms with Gasteiger partial charge in [-0.05, 0) is 38.9 Å². The van der Waals surface area contributed by atoms with E-state index in [1.807, 2.05) is 4.57 Å². The average Bonchev–Trinajstić information content (AvgIpc) is 2.90. The van der Waals surface area contributed by atoms with Crippen molar-refractivity contribution in [2.24, 2.45) is 5.92 Å². The van der Waals surface area contributed by atoms with Crippen molar-refractivity contribution in [2.75, 3.05) is 39.8 Å². The van der Waals surface area contributed by atoms with Gasteiger partial charge in [-0.3, -0.25) is 0 Å². The lowest BCUT2D eigenvalue weighted by Crippen LogP contribution is -2.40. The third-order valence-corrected chi connectivity index (χ3v) is 3.83. The van der Waals surface area contributed by atoms with E-state index in [9.17, 15) is 0 Å². The summed E-state index contributed by atoms with van der Waals surface area (Å²) >= 11 is 0. The highest BCUT2D eigenvalue weighted by molar-refractivity contribution is 4.74. The topological polar surface area (TPSA) is 37.2 Å². The second kappa shape index (κ2) is 6.85. The summed E-state index contributed by atoms with van der Waals surface area (Å²) in [6.07, 6.45) is 6.31. The zero-order valence-electron chi connectivity index (χ0n) is 11.6. The quantitative estimate of drug-likeness (QED) is 0.754. The van der Waals surface area contributed by atoms with Crippen molar-refractivity contribution in [1.82, 2.24) is 24.6 Å². The Morgan fingerprint density at radius 2 is 2.11 bits per heavy atom. The number of aromatic nitrogens is 3. The summed E-state index contributed by atoms with van der Waals surface area (Å²) in [5.41, 5.74) is 0. The van der Waals surface area contributed by atoms with E-state index in [0.29, 0.717) is 0 Å². The zero-order valence-corrected chi connectivity index (χ0v) is 11.6. The van der Waals surface area contributed by atoms with Crippen LogP contribution in [0.2, 0.25) is 0 Å². The molecule has 0 aromatic carbocycles. The van der Waals surface area contributed by atoms with Gasteiger partial charge in [-0.15, -0.1) is 10.2 Å². The van der Waals surface area contributed by atoms with Gasteiger partial charge in [0, 0.05) is 26.2 Å². The molecular formula is C13H25N5. The molecule has 5 heteroatoms. The second-order valence-electron chi connectivity index (χ2n) is 5.36. The highest BCUT2D eigenvalue weighted by atomic mass is 15.2. The molecule has 0 amide bonds. The molecular weight excluding hydrogens is 226 g/mol. The fourth-order valence-electron chi connectivity index (χ4n) is 2.74. The Morgan fingerprint density at radius 1 is 1.33 bits per heavy atom. The van der Waals surface area contributed by atoms with Crippen molar-refractivity contribution in [3.8, 4) is 0 Å². The van der Waals surface area contributed by atoms with Crippen LogP contribution in [-0.2, 0) is 6.54 Å². The van der Waals surface area contributed by atoms with Gasteiger partial charge in [0.15, 0.2) is 0 Å². The molecule has 1 aromatic rings. The molecule has 0 bridgehead atoms. The first kappa shape index (κ1) is 13.5. The molecule has 1 fully saturated rings. The molecule has 1 aromatic heterocycles. The summed E-state index contributed by atoms with van der Waals surface area (Å²) in [5.74, 6) is 0.838. The predicted octanol–water partition coefficient (Wildman–Crippen LogP) is 0.942. The third kappa shape index (κ3) is 4.07. The molecule has 1 aliphatic rings. The lowest BCUT2D eigenvalue weighted by atomic mass is 9.97. The van der Waals surface area contributed by atoms with Gasteiger partial charge in [0.25, 0.3) is 0 Å². The summed E-state index contributed by atoms with van der Waals surface area (Å²) in [7, 11) is 2.22. The Labute approximate surface area is 110 Å². The molecule has 0 N–H and O–H groups in total. The predicted molar refractivity (Wildman–Crippen MR) is 72.4 cm³/mol. The lowest BCUT2D eigenvalue weighted by molar-refractivity contribution is 0.147. The van der Waals surface area contributed by atoms with Crippen LogP contribution in [0.4, 0.5) is 0 Å². The fourth-order valence-corrected chi connectivity index (χ4v) is 2.74. The molecule has 18 heavy (non-hydrogen) atoms. The standard InChI is InChI=1S/C13H25N5/c1-3-17-6-4-5-13(10-17)9-16(2)7-8-18-11-14-15-12-18/h11-13H,3-10H2,1-2H3. The summed E-state index contributed by atoms with van der Waals surface area (Å²) < 4.78 is 2.04. The van der Waals surface area contributed by atoms with Gasteiger partial charge in [-0.2, -0.15) is 0 Å². The lowest BCUT2D eigenvalue weighted by Gasteiger charge is -2.34. The molecule has 2 rings (SSSR count). The van der Waals surface area contributed by atoms with Crippen LogP contribution < -0.4 is 0 Å². The van der Waals surface area contributed by atoms with E-state index < -0.39 is 0 Å². The van der Waals surface area contributed by atoms with Gasteiger partial charge in [-0.25, -0.2) is 0 Å². The van der Waals surface area contributed by atoms with Crippen molar-refractivity contribution < 1.29 is 0 Å². The highest BCUT2D eigenvalue weighted by Crippen LogP contribution is 2.16. The molecule has 0 aliphatic carbocycles. The summed E-state index contributed by atoms with van der Waals surface area (Å²) in [5, 5.41) is 7.65. The minimum absolute atomic E-state index is 0.838. The van der Waals surface area contributed by atoms with E-state index in [2.05, 4.69) is 34.0 Å². The number of likely N-dealkylation sites (N-methyl/N-ethyl adjacent to an activating group) is 1. The smallest absolute Gasteiger partial charge is 0.119 e. The van der Waals surface area contributed by atoms with Crippen LogP contribution >= 0.6 is 0 Å². The van der Waals surface area contributed by atoms with E-state index in [4.69, 9.17) is 0 Å². The monoisotopic (exact) mass is 251 g/mol. The Kier molecular flexibility index (Phi) is 5.13. The van der Waals surface area contributed by atoms with Gasteiger partial charge >= 0.3 is 0 Å². The van der Waals surface area contributed by atoms with Crippen molar-refractivity contribution >= 4 is 0 Å². The van der Waals surface area contributed by atoms with Crippen LogP contribution in [0.1, 0.15) is 19.8 Å². The molecule has 1 saturated heterocycles. The molecule has 2 heterocycles. The molecule has 0 radical (unpaired) electrons. The maximum atomic E-state index is 3.82. The minimum atomic E-state index is 0.838. The number of piperidine rings is 1. The Balaban J connectivity index is 1.68. The van der Waals surface area contributed by atoms with Crippen LogP contribution in [0.15, 0.2) is 12.7 Å². The molecule has 0 saturated carbocycles.